The molecule has 0 aliphatic carbocycles. The number of aromatic hydroxyl groups is 1. The van der Waals surface area contributed by atoms with Gasteiger partial charge in [-0.05, 0) is 37.3 Å². The molecule has 100 valence electrons. The van der Waals surface area contributed by atoms with Crippen molar-refractivity contribution in [1.82, 2.24) is 0 Å². The highest BCUT2D eigenvalue weighted by molar-refractivity contribution is 7.99. The van der Waals surface area contributed by atoms with Crippen molar-refractivity contribution < 1.29 is 9.52 Å². The standard InChI is InChI=1S/C16H12O3S/c1-10-2-6-13(7-3-10)20-15-8-11-4-5-12(17)9-14(11)19-16(15)18/h2-9,17H,1H3. The van der Waals surface area contributed by atoms with E-state index in [1.165, 1.54) is 23.4 Å². The van der Waals surface area contributed by atoms with Gasteiger partial charge in [0.2, 0.25) is 0 Å². The molecule has 0 spiro atoms. The molecule has 0 aliphatic heterocycles. The lowest BCUT2D eigenvalue weighted by Crippen LogP contribution is -2.01. The molecule has 0 amide bonds. The summed E-state index contributed by atoms with van der Waals surface area (Å²) in [5.74, 6) is 0.0830. The lowest BCUT2D eigenvalue weighted by atomic mass is 10.2. The van der Waals surface area contributed by atoms with Crippen LogP contribution in [0.15, 0.2) is 67.5 Å². The van der Waals surface area contributed by atoms with Gasteiger partial charge in [-0.3, -0.25) is 0 Å². The molecule has 0 saturated carbocycles. The van der Waals surface area contributed by atoms with Crippen LogP contribution < -0.4 is 5.63 Å². The van der Waals surface area contributed by atoms with Gasteiger partial charge in [-0.25, -0.2) is 4.79 Å². The Labute approximate surface area is 119 Å². The van der Waals surface area contributed by atoms with Gasteiger partial charge in [-0.2, -0.15) is 0 Å². The molecule has 0 radical (unpaired) electrons. The van der Waals surface area contributed by atoms with E-state index in [-0.39, 0.29) is 5.75 Å². The summed E-state index contributed by atoms with van der Waals surface area (Å²) in [4.78, 5) is 13.5. The van der Waals surface area contributed by atoms with E-state index in [0.29, 0.717) is 10.5 Å². The smallest absolute Gasteiger partial charge is 0.350 e. The summed E-state index contributed by atoms with van der Waals surface area (Å²) in [6.45, 7) is 2.02. The predicted molar refractivity (Wildman–Crippen MR) is 79.5 cm³/mol. The zero-order valence-electron chi connectivity index (χ0n) is 10.8. The van der Waals surface area contributed by atoms with E-state index in [4.69, 9.17) is 4.42 Å². The third-order valence-electron chi connectivity index (χ3n) is 2.94. The summed E-state index contributed by atoms with van der Waals surface area (Å²) in [6.07, 6.45) is 0. The van der Waals surface area contributed by atoms with Gasteiger partial charge in [0, 0.05) is 16.3 Å². The van der Waals surface area contributed by atoms with Crippen molar-refractivity contribution in [2.45, 2.75) is 16.7 Å². The Kier molecular flexibility index (Phi) is 3.24. The van der Waals surface area contributed by atoms with Gasteiger partial charge in [-0.15, -0.1) is 0 Å². The first-order chi connectivity index (χ1) is 9.61. The van der Waals surface area contributed by atoms with E-state index in [1.54, 1.807) is 18.2 Å². The van der Waals surface area contributed by atoms with Crippen molar-refractivity contribution in [1.29, 1.82) is 0 Å². The van der Waals surface area contributed by atoms with Crippen LogP contribution in [0.4, 0.5) is 0 Å². The van der Waals surface area contributed by atoms with Crippen molar-refractivity contribution in [2.24, 2.45) is 0 Å². The number of phenols is 1. The second kappa shape index (κ2) is 5.06. The fourth-order valence-corrected chi connectivity index (χ4v) is 2.72. The molecule has 20 heavy (non-hydrogen) atoms. The van der Waals surface area contributed by atoms with E-state index in [1.807, 2.05) is 31.2 Å². The second-order valence-corrected chi connectivity index (χ2v) is 5.65. The highest BCUT2D eigenvalue weighted by atomic mass is 32.2. The third-order valence-corrected chi connectivity index (χ3v) is 3.95. The van der Waals surface area contributed by atoms with Crippen LogP contribution in [0.25, 0.3) is 11.0 Å². The van der Waals surface area contributed by atoms with E-state index in [2.05, 4.69) is 0 Å². The molecule has 0 saturated heterocycles. The van der Waals surface area contributed by atoms with E-state index < -0.39 is 5.63 Å². The lowest BCUT2D eigenvalue weighted by Gasteiger charge is -2.03. The SMILES string of the molecule is Cc1ccc(Sc2cc3ccc(O)cc3oc2=O)cc1. The van der Waals surface area contributed by atoms with Gasteiger partial charge in [0.05, 0.1) is 4.90 Å². The summed E-state index contributed by atoms with van der Waals surface area (Å²) < 4.78 is 5.23. The molecule has 0 bridgehead atoms. The Hall–Kier alpha value is -2.20. The quantitative estimate of drug-likeness (QED) is 0.724. The summed E-state index contributed by atoms with van der Waals surface area (Å²) >= 11 is 1.37. The average molecular weight is 284 g/mol. The van der Waals surface area contributed by atoms with Crippen LogP contribution in [-0.2, 0) is 0 Å². The van der Waals surface area contributed by atoms with E-state index in [9.17, 15) is 9.90 Å². The van der Waals surface area contributed by atoms with Gasteiger partial charge in [0.25, 0.3) is 0 Å². The molecule has 3 aromatic rings. The maximum absolute atomic E-state index is 11.9. The second-order valence-electron chi connectivity index (χ2n) is 4.54. The maximum Gasteiger partial charge on any atom is 0.350 e. The van der Waals surface area contributed by atoms with Crippen molar-refractivity contribution in [3.63, 3.8) is 0 Å². The highest BCUT2D eigenvalue weighted by Gasteiger charge is 2.07. The van der Waals surface area contributed by atoms with Crippen LogP contribution in [-0.4, -0.2) is 5.11 Å². The highest BCUT2D eigenvalue weighted by Crippen LogP contribution is 2.28. The van der Waals surface area contributed by atoms with Crippen molar-refractivity contribution in [3.8, 4) is 5.75 Å². The largest absolute Gasteiger partial charge is 0.508 e. The third kappa shape index (κ3) is 2.56. The molecule has 0 fully saturated rings. The van der Waals surface area contributed by atoms with Crippen LogP contribution in [0, 0.1) is 6.92 Å². The molecular weight excluding hydrogens is 272 g/mol. The number of hydrogen-bond donors (Lipinski definition) is 1. The van der Waals surface area contributed by atoms with Crippen molar-refractivity contribution >= 4 is 22.7 Å². The molecule has 1 N–H and O–H groups in total. The maximum atomic E-state index is 11.9. The Balaban J connectivity index is 2.03. The molecule has 4 heteroatoms. The Morgan fingerprint density at radius 1 is 1.05 bits per heavy atom. The molecular formula is C16H12O3S. The minimum atomic E-state index is -0.395. The van der Waals surface area contributed by atoms with Crippen LogP contribution in [0.3, 0.4) is 0 Å². The predicted octanol–water partition coefficient (Wildman–Crippen LogP) is 3.96. The minimum absolute atomic E-state index is 0.0830. The molecule has 0 aliphatic rings. The Morgan fingerprint density at radius 2 is 1.80 bits per heavy atom. The van der Waals surface area contributed by atoms with Crippen LogP contribution in [0.1, 0.15) is 5.56 Å². The zero-order chi connectivity index (χ0) is 14.1. The zero-order valence-corrected chi connectivity index (χ0v) is 11.6. The summed E-state index contributed by atoms with van der Waals surface area (Å²) in [5, 5.41) is 10.2. The van der Waals surface area contributed by atoms with Gasteiger partial charge < -0.3 is 9.52 Å². The van der Waals surface area contributed by atoms with Gasteiger partial charge in [0.1, 0.15) is 11.3 Å². The van der Waals surface area contributed by atoms with E-state index >= 15 is 0 Å². The molecule has 1 aromatic heterocycles. The van der Waals surface area contributed by atoms with Gasteiger partial charge in [0.15, 0.2) is 0 Å². The van der Waals surface area contributed by atoms with Gasteiger partial charge in [-0.1, -0.05) is 29.5 Å². The van der Waals surface area contributed by atoms with E-state index in [0.717, 1.165) is 10.3 Å². The topological polar surface area (TPSA) is 50.4 Å². The minimum Gasteiger partial charge on any atom is -0.508 e. The van der Waals surface area contributed by atoms with Gasteiger partial charge >= 0.3 is 5.63 Å². The van der Waals surface area contributed by atoms with Crippen molar-refractivity contribution in [2.75, 3.05) is 0 Å². The summed E-state index contributed by atoms with van der Waals surface area (Å²) in [7, 11) is 0. The van der Waals surface area contributed by atoms with Crippen LogP contribution in [0.5, 0.6) is 5.75 Å². The number of phenolic OH excluding ortho intramolecular Hbond substituents is 1. The first kappa shape index (κ1) is 12.8. The molecule has 0 atom stereocenters. The van der Waals surface area contributed by atoms with Crippen LogP contribution >= 0.6 is 11.8 Å². The molecule has 3 rings (SSSR count). The lowest BCUT2D eigenvalue weighted by molar-refractivity contribution is 0.472. The average Bonchev–Trinajstić information content (AvgIpc) is 2.42. The molecule has 0 unspecified atom stereocenters. The summed E-state index contributed by atoms with van der Waals surface area (Å²) in [5.41, 5.74) is 1.17. The Morgan fingerprint density at radius 3 is 2.55 bits per heavy atom. The molecule has 3 nitrogen and oxygen atoms in total. The fraction of sp³-hybridized carbons (Fsp3) is 0.0625. The summed E-state index contributed by atoms with van der Waals surface area (Å²) in [6, 6.07) is 14.5. The van der Waals surface area contributed by atoms with Crippen molar-refractivity contribution in [3.05, 3.63) is 64.5 Å². The first-order valence-corrected chi connectivity index (χ1v) is 6.95. The van der Waals surface area contributed by atoms with Crippen LogP contribution in [0.2, 0.25) is 0 Å². The number of benzene rings is 2. The number of rotatable bonds is 2. The first-order valence-electron chi connectivity index (χ1n) is 6.13. The molecule has 2 aromatic carbocycles. The normalized spacial score (nSPS) is 10.8. The number of hydrogen-bond acceptors (Lipinski definition) is 4. The fourth-order valence-electron chi connectivity index (χ4n) is 1.89. The number of fused-ring (bicyclic) bond motifs is 1. The number of aryl methyl sites for hydroxylation is 1. The molecule has 1 heterocycles. The Bertz CT molecular complexity index is 819. The monoisotopic (exact) mass is 284 g/mol.